The van der Waals surface area contributed by atoms with Crippen molar-refractivity contribution >= 4 is 29.4 Å². The lowest BCUT2D eigenvalue weighted by molar-refractivity contribution is -0.384. The number of hydrogen-bond donors (Lipinski definition) is 0. The minimum absolute atomic E-state index is 0.0712. The number of methoxy groups -OCH3 is 1. The number of carbonyl (C=O) groups is 1. The molecular weight excluding hydrogens is 408 g/mol. The van der Waals surface area contributed by atoms with Gasteiger partial charge in [0.2, 0.25) is 0 Å². The average Bonchev–Trinajstić information content (AvgIpc) is 2.82. The fourth-order valence-corrected chi connectivity index (χ4v) is 2.87. The van der Waals surface area contributed by atoms with Gasteiger partial charge in [-0.1, -0.05) is 48.5 Å². The summed E-state index contributed by atoms with van der Waals surface area (Å²) in [6.07, 6.45) is 4.32. The Morgan fingerprint density at radius 3 is 2.47 bits per heavy atom. The molecule has 0 N–H and O–H groups in total. The summed E-state index contributed by atoms with van der Waals surface area (Å²) in [5.74, 6) is -0.141. The first-order chi connectivity index (χ1) is 15.5. The summed E-state index contributed by atoms with van der Waals surface area (Å²) in [5.41, 5.74) is 2.40. The predicted octanol–water partition coefficient (Wildman–Crippen LogP) is 5.29. The number of nitrogens with zero attached hydrogens (tertiary/aromatic N) is 2. The SMILES string of the molecule is COc1cc(/C=C(\C#N)c2ccccc2)ccc1OC(=O)/C=C/c1cccc([N+](=O)[O-])c1. The molecule has 7 heteroatoms. The summed E-state index contributed by atoms with van der Waals surface area (Å²) in [7, 11) is 1.45. The molecule has 0 aliphatic rings. The highest BCUT2D eigenvalue weighted by molar-refractivity contribution is 5.91. The van der Waals surface area contributed by atoms with E-state index in [1.54, 1.807) is 30.3 Å². The van der Waals surface area contributed by atoms with Gasteiger partial charge in [0, 0.05) is 18.2 Å². The van der Waals surface area contributed by atoms with Gasteiger partial charge in [-0.25, -0.2) is 4.79 Å². The molecule has 0 unspecified atom stereocenters. The number of carbonyl (C=O) groups excluding carboxylic acids is 1. The van der Waals surface area contributed by atoms with Crippen LogP contribution in [0.2, 0.25) is 0 Å². The Kier molecular flexibility index (Phi) is 7.12. The van der Waals surface area contributed by atoms with Crippen LogP contribution in [0, 0.1) is 21.4 Å². The van der Waals surface area contributed by atoms with Crippen molar-refractivity contribution in [2.75, 3.05) is 7.11 Å². The van der Waals surface area contributed by atoms with E-state index in [0.29, 0.717) is 22.4 Å². The van der Waals surface area contributed by atoms with E-state index >= 15 is 0 Å². The highest BCUT2D eigenvalue weighted by Crippen LogP contribution is 2.30. The molecule has 3 aromatic carbocycles. The second kappa shape index (κ2) is 10.4. The third-order valence-electron chi connectivity index (χ3n) is 4.41. The van der Waals surface area contributed by atoms with Crippen LogP contribution < -0.4 is 9.47 Å². The van der Waals surface area contributed by atoms with E-state index < -0.39 is 10.9 Å². The van der Waals surface area contributed by atoms with Crippen molar-refractivity contribution in [3.05, 3.63) is 106 Å². The highest BCUT2D eigenvalue weighted by Gasteiger charge is 2.10. The molecule has 158 valence electrons. The number of hydrogen-bond acceptors (Lipinski definition) is 6. The molecule has 0 fully saturated rings. The minimum atomic E-state index is -0.667. The smallest absolute Gasteiger partial charge is 0.336 e. The number of ether oxygens (including phenoxy) is 2. The van der Waals surface area contributed by atoms with Crippen LogP contribution >= 0.6 is 0 Å². The summed E-state index contributed by atoms with van der Waals surface area (Å²) in [4.78, 5) is 22.6. The molecule has 0 aliphatic heterocycles. The molecule has 0 heterocycles. The van der Waals surface area contributed by atoms with Gasteiger partial charge in [-0.3, -0.25) is 10.1 Å². The number of nitriles is 1. The number of non-ortho nitro benzene ring substituents is 1. The van der Waals surface area contributed by atoms with Crippen LogP contribution in [0.15, 0.2) is 78.9 Å². The number of nitro benzene ring substituents is 1. The number of rotatable bonds is 7. The third kappa shape index (κ3) is 5.68. The van der Waals surface area contributed by atoms with Crippen molar-refractivity contribution in [3.8, 4) is 17.6 Å². The molecule has 7 nitrogen and oxygen atoms in total. The summed E-state index contributed by atoms with van der Waals surface area (Å²) in [5, 5.41) is 20.3. The molecule has 32 heavy (non-hydrogen) atoms. The molecule has 0 radical (unpaired) electrons. The number of benzene rings is 3. The van der Waals surface area contributed by atoms with Crippen LogP contribution in [0.5, 0.6) is 11.5 Å². The van der Waals surface area contributed by atoms with Gasteiger partial charge in [0.15, 0.2) is 11.5 Å². The molecule has 0 saturated carbocycles. The van der Waals surface area contributed by atoms with Gasteiger partial charge in [0.1, 0.15) is 0 Å². The summed E-state index contributed by atoms with van der Waals surface area (Å²) in [6.45, 7) is 0. The quantitative estimate of drug-likeness (QED) is 0.0968. The van der Waals surface area contributed by atoms with Crippen molar-refractivity contribution < 1.29 is 19.2 Å². The van der Waals surface area contributed by atoms with Gasteiger partial charge in [0.05, 0.1) is 23.7 Å². The lowest BCUT2D eigenvalue weighted by atomic mass is 10.0. The number of esters is 1. The van der Waals surface area contributed by atoms with E-state index in [2.05, 4.69) is 6.07 Å². The standard InChI is InChI=1S/C25H18N2O5/c1-31-24-16-19(14-21(17-26)20-7-3-2-4-8-20)10-12-23(24)32-25(28)13-11-18-6-5-9-22(15-18)27(29)30/h2-16H,1H3/b13-11+,21-14+. The predicted molar refractivity (Wildman–Crippen MR) is 121 cm³/mol. The number of nitro groups is 1. The molecule has 0 amide bonds. The molecule has 0 saturated heterocycles. The molecule has 0 spiro atoms. The Morgan fingerprint density at radius 2 is 1.78 bits per heavy atom. The van der Waals surface area contributed by atoms with E-state index in [1.165, 1.54) is 37.5 Å². The van der Waals surface area contributed by atoms with Crippen LogP contribution in [0.1, 0.15) is 16.7 Å². The maximum atomic E-state index is 12.2. The second-order valence-electron chi connectivity index (χ2n) is 6.55. The topological polar surface area (TPSA) is 102 Å². The van der Waals surface area contributed by atoms with Crippen molar-refractivity contribution in [2.24, 2.45) is 0 Å². The van der Waals surface area contributed by atoms with Gasteiger partial charge in [-0.05, 0) is 41.0 Å². The molecule has 3 aromatic rings. The lowest BCUT2D eigenvalue weighted by Crippen LogP contribution is -2.05. The van der Waals surface area contributed by atoms with E-state index in [0.717, 1.165) is 5.56 Å². The minimum Gasteiger partial charge on any atom is -0.493 e. The van der Waals surface area contributed by atoms with Crippen molar-refractivity contribution in [2.45, 2.75) is 0 Å². The Hall–Kier alpha value is -4.70. The van der Waals surface area contributed by atoms with Crippen LogP contribution in [-0.4, -0.2) is 18.0 Å². The van der Waals surface area contributed by atoms with E-state index in [9.17, 15) is 20.2 Å². The third-order valence-corrected chi connectivity index (χ3v) is 4.41. The molecule has 0 atom stereocenters. The fourth-order valence-electron chi connectivity index (χ4n) is 2.87. The summed E-state index contributed by atoms with van der Waals surface area (Å²) in [6, 6.07) is 22.3. The zero-order chi connectivity index (χ0) is 22.9. The van der Waals surface area contributed by atoms with Crippen LogP contribution in [0.25, 0.3) is 17.7 Å². The Balaban J connectivity index is 1.77. The van der Waals surface area contributed by atoms with Gasteiger partial charge < -0.3 is 9.47 Å². The van der Waals surface area contributed by atoms with Gasteiger partial charge in [0.25, 0.3) is 5.69 Å². The molecular formula is C25H18N2O5. The molecule has 0 aromatic heterocycles. The molecule has 0 bridgehead atoms. The first kappa shape index (κ1) is 22.0. The van der Waals surface area contributed by atoms with Gasteiger partial charge >= 0.3 is 5.97 Å². The van der Waals surface area contributed by atoms with Crippen LogP contribution in [0.4, 0.5) is 5.69 Å². The monoisotopic (exact) mass is 426 g/mol. The molecule has 0 aliphatic carbocycles. The van der Waals surface area contributed by atoms with Gasteiger partial charge in [-0.2, -0.15) is 5.26 Å². The Bertz CT molecular complexity index is 1240. The summed E-state index contributed by atoms with van der Waals surface area (Å²) >= 11 is 0. The van der Waals surface area contributed by atoms with Crippen molar-refractivity contribution in [3.63, 3.8) is 0 Å². The highest BCUT2D eigenvalue weighted by atomic mass is 16.6. The number of allylic oxidation sites excluding steroid dienone is 1. The average molecular weight is 426 g/mol. The Morgan fingerprint density at radius 1 is 1.00 bits per heavy atom. The van der Waals surface area contributed by atoms with Gasteiger partial charge in [-0.15, -0.1) is 0 Å². The molecule has 3 rings (SSSR count). The fraction of sp³-hybridized carbons (Fsp3) is 0.0400. The maximum Gasteiger partial charge on any atom is 0.336 e. The van der Waals surface area contributed by atoms with Crippen LogP contribution in [-0.2, 0) is 4.79 Å². The Labute approximate surface area is 184 Å². The lowest BCUT2D eigenvalue weighted by Gasteiger charge is -2.09. The zero-order valence-corrected chi connectivity index (χ0v) is 17.1. The van der Waals surface area contributed by atoms with E-state index in [4.69, 9.17) is 9.47 Å². The first-order valence-electron chi connectivity index (χ1n) is 9.50. The van der Waals surface area contributed by atoms with E-state index in [1.807, 2.05) is 30.3 Å². The van der Waals surface area contributed by atoms with Crippen molar-refractivity contribution in [1.82, 2.24) is 0 Å². The summed E-state index contributed by atoms with van der Waals surface area (Å²) < 4.78 is 10.7. The van der Waals surface area contributed by atoms with Crippen molar-refractivity contribution in [1.29, 1.82) is 5.26 Å². The largest absolute Gasteiger partial charge is 0.493 e. The van der Waals surface area contributed by atoms with E-state index in [-0.39, 0.29) is 11.4 Å². The zero-order valence-electron chi connectivity index (χ0n) is 17.1. The maximum absolute atomic E-state index is 12.2. The van der Waals surface area contributed by atoms with Crippen LogP contribution in [0.3, 0.4) is 0 Å². The second-order valence-corrected chi connectivity index (χ2v) is 6.55. The normalized spacial score (nSPS) is 11.1. The first-order valence-corrected chi connectivity index (χ1v) is 9.50.